The highest BCUT2D eigenvalue weighted by atomic mass is 16.5. The normalized spacial score (nSPS) is 18.5. The second kappa shape index (κ2) is 6.42. The highest BCUT2D eigenvalue weighted by Gasteiger charge is 2.47. The van der Waals surface area contributed by atoms with E-state index >= 15 is 0 Å². The number of fused-ring (bicyclic) bond motifs is 2. The van der Waals surface area contributed by atoms with E-state index in [1.54, 1.807) is 12.4 Å². The standard InChI is InChI=1S/C20H20N4O3/c1-13-7-8-17-15(11-13)23-19(26)20(2,27-17)18(25)21-9-10-24-12-22-14-5-3-4-6-16(14)24/h3-8,11-12H,9-10H2,1-2H3,(H,21,25)(H,23,26). The van der Waals surface area contributed by atoms with Gasteiger partial charge in [-0.25, -0.2) is 4.98 Å². The molecule has 0 fully saturated rings. The van der Waals surface area contributed by atoms with Crippen molar-refractivity contribution in [3.8, 4) is 5.75 Å². The van der Waals surface area contributed by atoms with E-state index in [0.717, 1.165) is 16.6 Å². The Balaban J connectivity index is 1.44. The lowest BCUT2D eigenvalue weighted by Gasteiger charge is -2.33. The summed E-state index contributed by atoms with van der Waals surface area (Å²) >= 11 is 0. The van der Waals surface area contributed by atoms with Gasteiger partial charge in [-0.2, -0.15) is 0 Å². The molecule has 2 aromatic carbocycles. The largest absolute Gasteiger partial charge is 0.466 e. The van der Waals surface area contributed by atoms with Crippen molar-refractivity contribution in [1.29, 1.82) is 0 Å². The summed E-state index contributed by atoms with van der Waals surface area (Å²) in [6.07, 6.45) is 1.74. The number of imidazole rings is 1. The Kier molecular flexibility index (Phi) is 4.07. The lowest BCUT2D eigenvalue weighted by molar-refractivity contribution is -0.146. The second-order valence-electron chi connectivity index (χ2n) is 6.77. The number of anilines is 1. The van der Waals surface area contributed by atoms with Gasteiger partial charge in [-0.05, 0) is 43.7 Å². The number of carbonyl (C=O) groups excluding carboxylic acids is 2. The Hall–Kier alpha value is -3.35. The van der Waals surface area contributed by atoms with Crippen molar-refractivity contribution in [2.45, 2.75) is 26.0 Å². The molecule has 138 valence electrons. The van der Waals surface area contributed by atoms with E-state index in [9.17, 15) is 9.59 Å². The van der Waals surface area contributed by atoms with E-state index in [1.165, 1.54) is 6.92 Å². The molecule has 0 bridgehead atoms. The van der Waals surface area contributed by atoms with Crippen LogP contribution in [0.1, 0.15) is 12.5 Å². The van der Waals surface area contributed by atoms with E-state index in [2.05, 4.69) is 15.6 Å². The van der Waals surface area contributed by atoms with Crippen LogP contribution in [0.15, 0.2) is 48.8 Å². The number of carbonyl (C=O) groups is 2. The zero-order valence-electron chi connectivity index (χ0n) is 15.2. The molecular weight excluding hydrogens is 344 g/mol. The number of hydrogen-bond donors (Lipinski definition) is 2. The van der Waals surface area contributed by atoms with E-state index in [-0.39, 0.29) is 0 Å². The highest BCUT2D eigenvalue weighted by molar-refractivity contribution is 6.15. The molecule has 1 unspecified atom stereocenters. The smallest absolute Gasteiger partial charge is 0.278 e. The Morgan fingerprint density at radius 3 is 2.96 bits per heavy atom. The van der Waals surface area contributed by atoms with Gasteiger partial charge in [0.25, 0.3) is 17.4 Å². The van der Waals surface area contributed by atoms with Gasteiger partial charge in [-0.1, -0.05) is 18.2 Å². The van der Waals surface area contributed by atoms with Crippen LogP contribution < -0.4 is 15.4 Å². The van der Waals surface area contributed by atoms with Gasteiger partial charge in [0.05, 0.1) is 23.0 Å². The summed E-state index contributed by atoms with van der Waals surface area (Å²) in [6, 6.07) is 13.2. The van der Waals surface area contributed by atoms with Crippen molar-refractivity contribution in [3.63, 3.8) is 0 Å². The summed E-state index contributed by atoms with van der Waals surface area (Å²) in [5.41, 5.74) is 1.86. The fraction of sp³-hybridized carbons (Fsp3) is 0.250. The lowest BCUT2D eigenvalue weighted by atomic mass is 10.0. The second-order valence-corrected chi connectivity index (χ2v) is 6.77. The lowest BCUT2D eigenvalue weighted by Crippen LogP contribution is -2.59. The van der Waals surface area contributed by atoms with Crippen LogP contribution in [0.4, 0.5) is 5.69 Å². The molecule has 3 aromatic rings. The number of benzene rings is 2. The Labute approximate surface area is 156 Å². The first-order chi connectivity index (χ1) is 13.0. The molecule has 7 heteroatoms. The van der Waals surface area contributed by atoms with Crippen molar-refractivity contribution >= 4 is 28.5 Å². The third-order valence-electron chi connectivity index (χ3n) is 4.73. The van der Waals surface area contributed by atoms with Crippen molar-refractivity contribution in [1.82, 2.24) is 14.9 Å². The number of aryl methyl sites for hydroxylation is 1. The minimum absolute atomic E-state index is 0.353. The molecule has 2 amide bonds. The molecule has 0 saturated heterocycles. The van der Waals surface area contributed by atoms with Gasteiger partial charge in [0.1, 0.15) is 5.75 Å². The molecule has 1 atom stereocenters. The van der Waals surface area contributed by atoms with Crippen molar-refractivity contribution in [2.24, 2.45) is 0 Å². The maximum absolute atomic E-state index is 12.7. The average molecular weight is 364 g/mol. The van der Waals surface area contributed by atoms with Gasteiger partial charge in [0, 0.05) is 13.1 Å². The van der Waals surface area contributed by atoms with Gasteiger partial charge in [0.2, 0.25) is 0 Å². The molecule has 0 spiro atoms. The minimum Gasteiger partial charge on any atom is -0.466 e. The van der Waals surface area contributed by atoms with Crippen LogP contribution in [-0.4, -0.2) is 33.5 Å². The molecule has 0 saturated carbocycles. The van der Waals surface area contributed by atoms with Gasteiger partial charge < -0.3 is 19.9 Å². The third kappa shape index (κ3) is 3.01. The fourth-order valence-electron chi connectivity index (χ4n) is 3.13. The molecule has 0 radical (unpaired) electrons. The van der Waals surface area contributed by atoms with Crippen LogP contribution in [0.3, 0.4) is 0 Å². The first-order valence-corrected chi connectivity index (χ1v) is 8.77. The van der Waals surface area contributed by atoms with Crippen molar-refractivity contribution in [3.05, 3.63) is 54.4 Å². The molecule has 27 heavy (non-hydrogen) atoms. The fourth-order valence-corrected chi connectivity index (χ4v) is 3.13. The summed E-state index contributed by atoms with van der Waals surface area (Å²) in [6.45, 7) is 4.30. The monoisotopic (exact) mass is 364 g/mol. The Morgan fingerprint density at radius 1 is 1.30 bits per heavy atom. The van der Waals surface area contributed by atoms with Crippen molar-refractivity contribution in [2.75, 3.05) is 11.9 Å². The zero-order valence-corrected chi connectivity index (χ0v) is 15.2. The molecule has 2 N–H and O–H groups in total. The SMILES string of the molecule is Cc1ccc2c(c1)NC(=O)C(C)(C(=O)NCCn1cnc3ccccc31)O2. The number of aromatic nitrogens is 2. The summed E-state index contributed by atoms with van der Waals surface area (Å²) in [7, 11) is 0. The predicted molar refractivity (Wildman–Crippen MR) is 102 cm³/mol. The number of amides is 2. The van der Waals surface area contributed by atoms with Crippen LogP contribution in [0.2, 0.25) is 0 Å². The predicted octanol–water partition coefficient (Wildman–Crippen LogP) is 2.25. The van der Waals surface area contributed by atoms with Crippen LogP contribution in [0, 0.1) is 6.92 Å². The Morgan fingerprint density at radius 2 is 2.11 bits per heavy atom. The first kappa shape index (κ1) is 17.1. The number of nitrogens with one attached hydrogen (secondary N) is 2. The molecule has 0 aliphatic carbocycles. The van der Waals surface area contributed by atoms with E-state index in [0.29, 0.717) is 24.5 Å². The van der Waals surface area contributed by atoms with E-state index in [4.69, 9.17) is 4.74 Å². The first-order valence-electron chi connectivity index (χ1n) is 8.77. The summed E-state index contributed by atoms with van der Waals surface area (Å²) < 4.78 is 7.72. The van der Waals surface area contributed by atoms with Crippen molar-refractivity contribution < 1.29 is 14.3 Å². The number of para-hydroxylation sites is 2. The number of rotatable bonds is 4. The van der Waals surface area contributed by atoms with Crippen LogP contribution in [-0.2, 0) is 16.1 Å². The van der Waals surface area contributed by atoms with Gasteiger partial charge in [-0.3, -0.25) is 9.59 Å². The summed E-state index contributed by atoms with van der Waals surface area (Å²) in [5, 5.41) is 5.56. The molecule has 4 rings (SSSR count). The van der Waals surface area contributed by atoms with Gasteiger partial charge in [0.15, 0.2) is 0 Å². The van der Waals surface area contributed by atoms with Crippen LogP contribution in [0.5, 0.6) is 5.75 Å². The number of nitrogens with zero attached hydrogens (tertiary/aromatic N) is 2. The molecule has 7 nitrogen and oxygen atoms in total. The van der Waals surface area contributed by atoms with Crippen LogP contribution >= 0.6 is 0 Å². The Bertz CT molecular complexity index is 1040. The average Bonchev–Trinajstić information content (AvgIpc) is 3.06. The summed E-state index contributed by atoms with van der Waals surface area (Å²) in [5.74, 6) is -0.472. The van der Waals surface area contributed by atoms with Gasteiger partial charge >= 0.3 is 0 Å². The maximum atomic E-state index is 12.7. The molecule has 1 aliphatic heterocycles. The molecule has 2 heterocycles. The van der Waals surface area contributed by atoms with Gasteiger partial charge in [-0.15, -0.1) is 0 Å². The third-order valence-corrected chi connectivity index (χ3v) is 4.73. The molecule has 1 aromatic heterocycles. The van der Waals surface area contributed by atoms with E-state index < -0.39 is 17.4 Å². The summed E-state index contributed by atoms with van der Waals surface area (Å²) in [4.78, 5) is 29.5. The molecule has 1 aliphatic rings. The van der Waals surface area contributed by atoms with Crippen LogP contribution in [0.25, 0.3) is 11.0 Å². The quantitative estimate of drug-likeness (QED) is 0.696. The van der Waals surface area contributed by atoms with E-state index in [1.807, 2.05) is 47.9 Å². The number of hydrogen-bond acceptors (Lipinski definition) is 4. The molecular formula is C20H20N4O3. The minimum atomic E-state index is -1.61. The maximum Gasteiger partial charge on any atom is 0.278 e. The topological polar surface area (TPSA) is 85.3 Å². The highest BCUT2D eigenvalue weighted by Crippen LogP contribution is 2.34. The zero-order chi connectivity index (χ0) is 19.0. The number of ether oxygens (including phenoxy) is 1.